The highest BCUT2D eigenvalue weighted by Gasteiger charge is 2.22. The van der Waals surface area contributed by atoms with E-state index < -0.39 is 0 Å². The largest absolute Gasteiger partial charge is 0.399 e. The Hall–Kier alpha value is -1.97. The molecule has 0 bridgehead atoms. The molecule has 21 heavy (non-hydrogen) atoms. The van der Waals surface area contributed by atoms with Crippen LogP contribution in [-0.4, -0.2) is 16.9 Å². The minimum absolute atomic E-state index is 0.0106. The molecule has 0 saturated heterocycles. The SMILES string of the molecule is CC1CCCCCC1NC(=O)c1cc2cc(N)ccc2[nH]1. The summed E-state index contributed by atoms with van der Waals surface area (Å²) in [5, 5.41) is 4.18. The van der Waals surface area contributed by atoms with E-state index in [1.807, 2.05) is 24.3 Å². The lowest BCUT2D eigenvalue weighted by Crippen LogP contribution is -2.39. The number of aromatic nitrogens is 1. The van der Waals surface area contributed by atoms with Gasteiger partial charge in [0.05, 0.1) is 0 Å². The third kappa shape index (κ3) is 3.04. The number of nitrogen functional groups attached to an aromatic ring is 1. The van der Waals surface area contributed by atoms with Crippen molar-refractivity contribution in [3.63, 3.8) is 0 Å². The Labute approximate surface area is 125 Å². The van der Waals surface area contributed by atoms with E-state index in [-0.39, 0.29) is 11.9 Å². The van der Waals surface area contributed by atoms with Crippen LogP contribution in [-0.2, 0) is 0 Å². The van der Waals surface area contributed by atoms with E-state index in [1.165, 1.54) is 25.7 Å². The van der Waals surface area contributed by atoms with Gasteiger partial charge in [-0.15, -0.1) is 0 Å². The van der Waals surface area contributed by atoms with Crippen molar-refractivity contribution in [1.29, 1.82) is 0 Å². The fraction of sp³-hybridized carbons (Fsp3) is 0.471. The van der Waals surface area contributed by atoms with Crippen LogP contribution in [0.25, 0.3) is 10.9 Å². The number of anilines is 1. The number of rotatable bonds is 2. The van der Waals surface area contributed by atoms with E-state index in [4.69, 9.17) is 5.73 Å². The summed E-state index contributed by atoms with van der Waals surface area (Å²) in [5.74, 6) is 0.542. The summed E-state index contributed by atoms with van der Waals surface area (Å²) in [6.07, 6.45) is 6.05. The molecule has 1 heterocycles. The number of nitrogens with two attached hydrogens (primary N) is 1. The lowest BCUT2D eigenvalue weighted by Gasteiger charge is -2.22. The summed E-state index contributed by atoms with van der Waals surface area (Å²) < 4.78 is 0. The molecule has 1 aliphatic carbocycles. The van der Waals surface area contributed by atoms with E-state index in [2.05, 4.69) is 17.2 Å². The molecule has 0 radical (unpaired) electrons. The van der Waals surface area contributed by atoms with Crippen LogP contribution in [0.2, 0.25) is 0 Å². The first-order chi connectivity index (χ1) is 10.1. The molecule has 0 spiro atoms. The number of hydrogen-bond acceptors (Lipinski definition) is 2. The molecule has 4 nitrogen and oxygen atoms in total. The molecule has 1 amide bonds. The number of fused-ring (bicyclic) bond motifs is 1. The second kappa shape index (κ2) is 5.80. The topological polar surface area (TPSA) is 70.9 Å². The number of amides is 1. The van der Waals surface area contributed by atoms with E-state index in [1.54, 1.807) is 0 Å². The van der Waals surface area contributed by atoms with Crippen molar-refractivity contribution in [2.75, 3.05) is 5.73 Å². The number of carbonyl (C=O) groups excluding carboxylic acids is 1. The average molecular weight is 285 g/mol. The second-order valence-corrected chi connectivity index (χ2v) is 6.22. The monoisotopic (exact) mass is 285 g/mol. The summed E-state index contributed by atoms with van der Waals surface area (Å²) in [6, 6.07) is 7.81. The van der Waals surface area contributed by atoms with Gasteiger partial charge in [0, 0.05) is 22.6 Å². The van der Waals surface area contributed by atoms with Crippen LogP contribution in [0, 0.1) is 5.92 Å². The van der Waals surface area contributed by atoms with E-state index in [9.17, 15) is 4.79 Å². The first kappa shape index (κ1) is 14.0. The van der Waals surface area contributed by atoms with Gasteiger partial charge >= 0.3 is 0 Å². The minimum Gasteiger partial charge on any atom is -0.399 e. The summed E-state index contributed by atoms with van der Waals surface area (Å²) in [5.41, 5.74) is 8.06. The number of hydrogen-bond donors (Lipinski definition) is 3. The van der Waals surface area contributed by atoms with Gasteiger partial charge in [-0.2, -0.15) is 0 Å². The highest BCUT2D eigenvalue weighted by molar-refractivity contribution is 5.98. The Morgan fingerprint density at radius 1 is 1.24 bits per heavy atom. The lowest BCUT2D eigenvalue weighted by atomic mass is 9.97. The van der Waals surface area contributed by atoms with Crippen LogP contribution in [0.3, 0.4) is 0 Å². The minimum atomic E-state index is -0.0106. The first-order valence-corrected chi connectivity index (χ1v) is 7.82. The zero-order valence-corrected chi connectivity index (χ0v) is 12.5. The maximum absolute atomic E-state index is 12.5. The zero-order valence-electron chi connectivity index (χ0n) is 12.5. The van der Waals surface area contributed by atoms with Gasteiger partial charge in [-0.05, 0) is 43.0 Å². The fourth-order valence-electron chi connectivity index (χ4n) is 3.23. The molecule has 1 aromatic heterocycles. The van der Waals surface area contributed by atoms with Crippen LogP contribution in [0.15, 0.2) is 24.3 Å². The summed E-state index contributed by atoms with van der Waals surface area (Å²) >= 11 is 0. The standard InChI is InChI=1S/C17H23N3O/c1-11-5-3-2-4-6-14(11)20-17(21)16-10-12-9-13(18)7-8-15(12)19-16/h7-11,14,19H,2-6,18H2,1H3,(H,20,21). The van der Waals surface area contributed by atoms with Crippen molar-refractivity contribution in [3.8, 4) is 0 Å². The van der Waals surface area contributed by atoms with E-state index in [0.29, 0.717) is 17.3 Å². The molecule has 112 valence electrons. The van der Waals surface area contributed by atoms with Crippen molar-refractivity contribution in [2.45, 2.75) is 45.1 Å². The molecule has 3 rings (SSSR count). The molecule has 2 aromatic rings. The lowest BCUT2D eigenvalue weighted by molar-refractivity contribution is 0.0917. The first-order valence-electron chi connectivity index (χ1n) is 7.82. The van der Waals surface area contributed by atoms with Gasteiger partial charge in [0.25, 0.3) is 5.91 Å². The van der Waals surface area contributed by atoms with Crippen molar-refractivity contribution in [1.82, 2.24) is 10.3 Å². The van der Waals surface area contributed by atoms with Crippen molar-refractivity contribution >= 4 is 22.5 Å². The smallest absolute Gasteiger partial charge is 0.267 e. The Morgan fingerprint density at radius 2 is 2.05 bits per heavy atom. The summed E-state index contributed by atoms with van der Waals surface area (Å²) in [6.45, 7) is 2.24. The highest BCUT2D eigenvalue weighted by atomic mass is 16.1. The molecule has 2 atom stereocenters. The average Bonchev–Trinajstić information content (AvgIpc) is 2.78. The Kier molecular flexibility index (Phi) is 3.86. The predicted molar refractivity (Wildman–Crippen MR) is 86.2 cm³/mol. The van der Waals surface area contributed by atoms with Crippen LogP contribution >= 0.6 is 0 Å². The van der Waals surface area contributed by atoms with Crippen LogP contribution < -0.4 is 11.1 Å². The molecule has 0 aliphatic heterocycles. The number of benzene rings is 1. The third-order valence-electron chi connectivity index (χ3n) is 4.57. The van der Waals surface area contributed by atoms with Crippen molar-refractivity contribution in [2.24, 2.45) is 5.92 Å². The molecule has 4 heteroatoms. The van der Waals surface area contributed by atoms with Crippen LogP contribution in [0.4, 0.5) is 5.69 Å². The maximum Gasteiger partial charge on any atom is 0.267 e. The molecule has 1 aliphatic rings. The van der Waals surface area contributed by atoms with Gasteiger partial charge in [-0.25, -0.2) is 0 Å². The molecule has 1 aromatic carbocycles. The Balaban J connectivity index is 1.76. The zero-order chi connectivity index (χ0) is 14.8. The normalized spacial score (nSPS) is 22.9. The molecular formula is C17H23N3O. The highest BCUT2D eigenvalue weighted by Crippen LogP contribution is 2.24. The van der Waals surface area contributed by atoms with E-state index in [0.717, 1.165) is 17.3 Å². The maximum atomic E-state index is 12.5. The van der Waals surface area contributed by atoms with Crippen molar-refractivity contribution in [3.05, 3.63) is 30.0 Å². The third-order valence-corrected chi connectivity index (χ3v) is 4.57. The molecular weight excluding hydrogens is 262 g/mol. The second-order valence-electron chi connectivity index (χ2n) is 6.22. The Bertz CT molecular complexity index is 647. The van der Waals surface area contributed by atoms with Crippen molar-refractivity contribution < 1.29 is 4.79 Å². The summed E-state index contributed by atoms with van der Waals surface area (Å²) in [7, 11) is 0. The van der Waals surface area contributed by atoms with Gasteiger partial charge in [0.1, 0.15) is 5.69 Å². The fourth-order valence-corrected chi connectivity index (χ4v) is 3.23. The van der Waals surface area contributed by atoms with Crippen LogP contribution in [0.1, 0.15) is 49.5 Å². The van der Waals surface area contributed by atoms with Crippen LogP contribution in [0.5, 0.6) is 0 Å². The predicted octanol–water partition coefficient (Wildman–Crippen LogP) is 3.45. The molecule has 2 unspecified atom stereocenters. The Morgan fingerprint density at radius 3 is 2.90 bits per heavy atom. The molecule has 4 N–H and O–H groups in total. The van der Waals surface area contributed by atoms with E-state index >= 15 is 0 Å². The van der Waals surface area contributed by atoms with Gasteiger partial charge in [-0.3, -0.25) is 4.79 Å². The molecule has 1 fully saturated rings. The number of carbonyl (C=O) groups is 1. The van der Waals surface area contributed by atoms with Gasteiger partial charge in [0.15, 0.2) is 0 Å². The van der Waals surface area contributed by atoms with Gasteiger partial charge in [0.2, 0.25) is 0 Å². The van der Waals surface area contributed by atoms with Gasteiger partial charge < -0.3 is 16.0 Å². The molecule has 1 saturated carbocycles. The number of nitrogens with one attached hydrogen (secondary N) is 2. The number of aromatic amines is 1. The number of H-pyrrole nitrogens is 1. The summed E-state index contributed by atoms with van der Waals surface area (Å²) in [4.78, 5) is 15.6. The van der Waals surface area contributed by atoms with Gasteiger partial charge in [-0.1, -0.05) is 26.2 Å². The quantitative estimate of drug-likeness (QED) is 0.584.